The lowest BCUT2D eigenvalue weighted by Crippen LogP contribution is -2.27. The molecule has 0 bridgehead atoms. The zero-order chi connectivity index (χ0) is 13.0. The predicted octanol–water partition coefficient (Wildman–Crippen LogP) is 3.91. The SMILES string of the molecule is CC(NCC(C)C(C)C)c1ccc(F)cc1F. The molecule has 0 radical (unpaired) electrons. The second-order valence-corrected chi connectivity index (χ2v) is 5.02. The van der Waals surface area contributed by atoms with Crippen molar-refractivity contribution in [1.82, 2.24) is 5.32 Å². The Morgan fingerprint density at radius 3 is 2.29 bits per heavy atom. The van der Waals surface area contributed by atoms with Crippen LogP contribution in [-0.2, 0) is 0 Å². The summed E-state index contributed by atoms with van der Waals surface area (Å²) < 4.78 is 26.3. The van der Waals surface area contributed by atoms with Gasteiger partial charge in [0, 0.05) is 17.7 Å². The van der Waals surface area contributed by atoms with Crippen molar-refractivity contribution in [3.63, 3.8) is 0 Å². The van der Waals surface area contributed by atoms with E-state index < -0.39 is 11.6 Å². The molecule has 0 heterocycles. The normalized spacial score (nSPS) is 15.0. The summed E-state index contributed by atoms with van der Waals surface area (Å²) in [5.41, 5.74) is 0.516. The highest BCUT2D eigenvalue weighted by molar-refractivity contribution is 5.21. The van der Waals surface area contributed by atoms with Gasteiger partial charge in [-0.3, -0.25) is 0 Å². The van der Waals surface area contributed by atoms with Gasteiger partial charge < -0.3 is 5.32 Å². The molecule has 1 aromatic rings. The Hall–Kier alpha value is -0.960. The molecule has 17 heavy (non-hydrogen) atoms. The first-order valence-electron chi connectivity index (χ1n) is 6.10. The number of rotatable bonds is 5. The second kappa shape index (κ2) is 6.10. The minimum absolute atomic E-state index is 0.100. The summed E-state index contributed by atoms with van der Waals surface area (Å²) >= 11 is 0. The molecular weight excluding hydrogens is 220 g/mol. The van der Waals surface area contributed by atoms with E-state index in [9.17, 15) is 8.78 Å². The van der Waals surface area contributed by atoms with Crippen LogP contribution in [0.3, 0.4) is 0 Å². The third kappa shape index (κ3) is 4.08. The van der Waals surface area contributed by atoms with E-state index in [4.69, 9.17) is 0 Å². The molecule has 2 atom stereocenters. The summed E-state index contributed by atoms with van der Waals surface area (Å²) in [6.45, 7) is 9.20. The van der Waals surface area contributed by atoms with Crippen LogP contribution in [0.15, 0.2) is 18.2 Å². The van der Waals surface area contributed by atoms with Crippen molar-refractivity contribution in [2.24, 2.45) is 11.8 Å². The lowest BCUT2D eigenvalue weighted by atomic mass is 9.97. The Labute approximate surface area is 102 Å². The summed E-state index contributed by atoms with van der Waals surface area (Å²) in [6, 6.07) is 3.63. The van der Waals surface area contributed by atoms with Gasteiger partial charge in [-0.15, -0.1) is 0 Å². The van der Waals surface area contributed by atoms with Gasteiger partial charge in [0.05, 0.1) is 0 Å². The molecule has 0 aliphatic heterocycles. The van der Waals surface area contributed by atoms with Gasteiger partial charge in [-0.1, -0.05) is 26.8 Å². The van der Waals surface area contributed by atoms with Crippen molar-refractivity contribution in [3.05, 3.63) is 35.4 Å². The summed E-state index contributed by atoms with van der Waals surface area (Å²) in [5.74, 6) is 0.102. The Bertz CT molecular complexity index is 363. The molecule has 0 spiro atoms. The summed E-state index contributed by atoms with van der Waals surface area (Å²) in [4.78, 5) is 0. The average Bonchev–Trinajstić information content (AvgIpc) is 2.25. The van der Waals surface area contributed by atoms with E-state index >= 15 is 0 Å². The lowest BCUT2D eigenvalue weighted by Gasteiger charge is -2.20. The molecule has 0 aliphatic carbocycles. The minimum Gasteiger partial charge on any atom is -0.310 e. The van der Waals surface area contributed by atoms with Crippen molar-refractivity contribution < 1.29 is 8.78 Å². The number of halogens is 2. The van der Waals surface area contributed by atoms with Crippen LogP contribution in [0.1, 0.15) is 39.3 Å². The van der Waals surface area contributed by atoms with E-state index in [1.54, 1.807) is 0 Å². The van der Waals surface area contributed by atoms with Crippen molar-refractivity contribution in [2.45, 2.75) is 33.7 Å². The first kappa shape index (κ1) is 14.1. The van der Waals surface area contributed by atoms with Gasteiger partial charge in [0.2, 0.25) is 0 Å². The Kier molecular flexibility index (Phi) is 5.06. The van der Waals surface area contributed by atoms with Gasteiger partial charge in [-0.25, -0.2) is 8.78 Å². The molecule has 0 aliphatic rings. The fraction of sp³-hybridized carbons (Fsp3) is 0.571. The molecule has 3 heteroatoms. The van der Waals surface area contributed by atoms with Crippen molar-refractivity contribution in [1.29, 1.82) is 0 Å². The third-order valence-corrected chi connectivity index (χ3v) is 3.31. The molecule has 1 N–H and O–H groups in total. The van der Waals surface area contributed by atoms with Gasteiger partial charge >= 0.3 is 0 Å². The zero-order valence-electron chi connectivity index (χ0n) is 10.9. The monoisotopic (exact) mass is 241 g/mol. The molecule has 2 unspecified atom stereocenters. The molecule has 96 valence electrons. The van der Waals surface area contributed by atoms with Gasteiger partial charge in [0.1, 0.15) is 11.6 Å². The number of benzene rings is 1. The summed E-state index contributed by atoms with van der Waals surface area (Å²) in [5, 5.41) is 3.28. The molecule has 1 rings (SSSR count). The third-order valence-electron chi connectivity index (χ3n) is 3.31. The van der Waals surface area contributed by atoms with Crippen molar-refractivity contribution in [3.8, 4) is 0 Å². The van der Waals surface area contributed by atoms with Crippen LogP contribution >= 0.6 is 0 Å². The zero-order valence-corrected chi connectivity index (χ0v) is 10.9. The van der Waals surface area contributed by atoms with Crippen molar-refractivity contribution >= 4 is 0 Å². The Morgan fingerprint density at radius 1 is 1.12 bits per heavy atom. The highest BCUT2D eigenvalue weighted by Gasteiger charge is 2.13. The topological polar surface area (TPSA) is 12.0 Å². The van der Waals surface area contributed by atoms with Gasteiger partial charge in [-0.2, -0.15) is 0 Å². The van der Waals surface area contributed by atoms with Crippen LogP contribution in [0.25, 0.3) is 0 Å². The van der Waals surface area contributed by atoms with Crippen LogP contribution in [-0.4, -0.2) is 6.54 Å². The smallest absolute Gasteiger partial charge is 0.130 e. The molecule has 0 saturated carbocycles. The fourth-order valence-electron chi connectivity index (χ4n) is 1.56. The lowest BCUT2D eigenvalue weighted by molar-refractivity contribution is 0.372. The Balaban J connectivity index is 2.61. The molecule has 0 fully saturated rings. The molecule has 0 saturated heterocycles. The number of nitrogens with one attached hydrogen (secondary N) is 1. The second-order valence-electron chi connectivity index (χ2n) is 5.02. The van der Waals surface area contributed by atoms with Gasteiger partial charge in [0.15, 0.2) is 0 Å². The predicted molar refractivity (Wildman–Crippen MR) is 66.8 cm³/mol. The number of hydrogen-bond donors (Lipinski definition) is 1. The first-order chi connectivity index (χ1) is 7.91. The van der Waals surface area contributed by atoms with E-state index in [1.165, 1.54) is 12.1 Å². The van der Waals surface area contributed by atoms with Crippen LogP contribution < -0.4 is 5.32 Å². The molecule has 0 aromatic heterocycles. The van der Waals surface area contributed by atoms with E-state index in [2.05, 4.69) is 26.1 Å². The van der Waals surface area contributed by atoms with Crippen LogP contribution in [0.4, 0.5) is 8.78 Å². The minimum atomic E-state index is -0.533. The maximum absolute atomic E-state index is 13.5. The average molecular weight is 241 g/mol. The maximum atomic E-state index is 13.5. The van der Waals surface area contributed by atoms with Gasteiger partial charge in [-0.05, 0) is 31.4 Å². The van der Waals surface area contributed by atoms with Crippen LogP contribution in [0.5, 0.6) is 0 Å². The highest BCUT2D eigenvalue weighted by atomic mass is 19.1. The van der Waals surface area contributed by atoms with E-state index in [0.29, 0.717) is 17.4 Å². The molecule has 1 nitrogen and oxygen atoms in total. The summed E-state index contributed by atoms with van der Waals surface area (Å²) in [6.07, 6.45) is 0. The van der Waals surface area contributed by atoms with E-state index in [-0.39, 0.29) is 6.04 Å². The van der Waals surface area contributed by atoms with Crippen LogP contribution in [0, 0.1) is 23.5 Å². The fourth-order valence-corrected chi connectivity index (χ4v) is 1.56. The van der Waals surface area contributed by atoms with Crippen molar-refractivity contribution in [2.75, 3.05) is 6.54 Å². The quantitative estimate of drug-likeness (QED) is 0.824. The summed E-state index contributed by atoms with van der Waals surface area (Å²) in [7, 11) is 0. The Morgan fingerprint density at radius 2 is 1.76 bits per heavy atom. The molecule has 0 amide bonds. The van der Waals surface area contributed by atoms with E-state index in [1.807, 2.05) is 6.92 Å². The van der Waals surface area contributed by atoms with Crippen LogP contribution in [0.2, 0.25) is 0 Å². The first-order valence-corrected chi connectivity index (χ1v) is 6.10. The number of hydrogen-bond acceptors (Lipinski definition) is 1. The highest BCUT2D eigenvalue weighted by Crippen LogP contribution is 2.18. The van der Waals surface area contributed by atoms with Gasteiger partial charge in [0.25, 0.3) is 0 Å². The maximum Gasteiger partial charge on any atom is 0.130 e. The molecule has 1 aromatic carbocycles. The molecular formula is C14H21F2N. The largest absolute Gasteiger partial charge is 0.310 e. The van der Waals surface area contributed by atoms with E-state index in [0.717, 1.165) is 12.6 Å². The standard InChI is InChI=1S/C14H21F2N/c1-9(2)10(3)8-17-11(4)13-6-5-12(15)7-14(13)16/h5-7,9-11,17H,8H2,1-4H3.